The van der Waals surface area contributed by atoms with Crippen LogP contribution < -0.4 is 31.9 Å². The van der Waals surface area contributed by atoms with Crippen LogP contribution in [0.3, 0.4) is 0 Å². The summed E-state index contributed by atoms with van der Waals surface area (Å²) in [5.41, 5.74) is 4.07. The molecule has 2 saturated heterocycles. The summed E-state index contributed by atoms with van der Waals surface area (Å²) in [4.78, 5) is 5.17. The van der Waals surface area contributed by atoms with E-state index in [-0.39, 0.29) is 6.10 Å². The molecule has 0 aromatic heterocycles. The van der Waals surface area contributed by atoms with Gasteiger partial charge in [0, 0.05) is 118 Å². The van der Waals surface area contributed by atoms with E-state index >= 15 is 0 Å². The fourth-order valence-electron chi connectivity index (χ4n) is 4.83. The molecule has 0 bridgehead atoms. The van der Waals surface area contributed by atoms with Crippen molar-refractivity contribution in [3.63, 3.8) is 0 Å². The zero-order valence-electron chi connectivity index (χ0n) is 23.5. The first-order chi connectivity index (χ1) is 18.2. The highest BCUT2D eigenvalue weighted by Crippen LogP contribution is 2.16. The number of benzene rings is 1. The summed E-state index contributed by atoms with van der Waals surface area (Å²) in [5, 5.41) is 21.3. The van der Waals surface area contributed by atoms with Crippen molar-refractivity contribution in [3.05, 3.63) is 34.9 Å². The Balaban J connectivity index is 1.67. The molecule has 2 fully saturated rings. The van der Waals surface area contributed by atoms with Gasteiger partial charge in [-0.15, -0.1) is 0 Å². The lowest BCUT2D eigenvalue weighted by Gasteiger charge is -2.26. The average molecular weight is 519 g/mol. The van der Waals surface area contributed by atoms with E-state index in [4.69, 9.17) is 4.74 Å². The second-order valence-electron chi connectivity index (χ2n) is 10.6. The van der Waals surface area contributed by atoms with Crippen LogP contribution in [-0.2, 0) is 24.4 Å². The lowest BCUT2D eigenvalue weighted by atomic mass is 10.0. The van der Waals surface area contributed by atoms with Crippen LogP contribution >= 0.6 is 0 Å². The molecule has 0 radical (unpaired) electrons. The monoisotopic (exact) mass is 518 g/mol. The number of ether oxygens (including phenoxy) is 1. The van der Waals surface area contributed by atoms with Gasteiger partial charge in [-0.25, -0.2) is 0 Å². The van der Waals surface area contributed by atoms with Gasteiger partial charge >= 0.3 is 0 Å². The van der Waals surface area contributed by atoms with E-state index in [1.54, 1.807) is 0 Å². The van der Waals surface area contributed by atoms with Crippen molar-refractivity contribution in [1.82, 2.24) is 41.7 Å². The summed E-state index contributed by atoms with van der Waals surface area (Å²) in [6.07, 6.45) is 0.232. The lowest BCUT2D eigenvalue weighted by Crippen LogP contribution is -2.41. The number of nitrogens with zero attached hydrogens (tertiary/aromatic N) is 2. The standard InChI is InChI=1S/C28H54N8O/c1-25(2)37-24-28-20-26(22-35-15-11-31-7-3-29-4-8-32-12-16-35)19-27(21-28)23-36-17-13-33-9-5-30-6-10-34-14-18-36/h19-21,25,29-34H,3-18,22-24H2,1-2H3. The Morgan fingerprint density at radius 1 is 0.541 bits per heavy atom. The minimum atomic E-state index is 0.232. The number of hydrogen-bond acceptors (Lipinski definition) is 9. The van der Waals surface area contributed by atoms with Crippen molar-refractivity contribution < 1.29 is 4.74 Å². The molecule has 2 aliphatic rings. The van der Waals surface area contributed by atoms with Crippen LogP contribution in [0.1, 0.15) is 30.5 Å². The van der Waals surface area contributed by atoms with Crippen LogP contribution in [0.4, 0.5) is 0 Å². The Labute approximate surface area is 225 Å². The highest BCUT2D eigenvalue weighted by Gasteiger charge is 2.12. The molecule has 1 aromatic carbocycles. The van der Waals surface area contributed by atoms with Crippen LogP contribution in [0.15, 0.2) is 18.2 Å². The molecule has 3 rings (SSSR count). The van der Waals surface area contributed by atoms with Gasteiger partial charge in [0.1, 0.15) is 0 Å². The normalized spacial score (nSPS) is 21.5. The maximum atomic E-state index is 6.02. The maximum Gasteiger partial charge on any atom is 0.0720 e. The first-order valence-electron chi connectivity index (χ1n) is 14.6. The number of nitrogens with one attached hydrogen (secondary N) is 6. The van der Waals surface area contributed by atoms with Gasteiger partial charge < -0.3 is 36.6 Å². The smallest absolute Gasteiger partial charge is 0.0720 e. The van der Waals surface area contributed by atoms with Gasteiger partial charge in [-0.3, -0.25) is 9.80 Å². The van der Waals surface area contributed by atoms with Gasteiger partial charge in [-0.2, -0.15) is 0 Å². The number of hydrogen-bond donors (Lipinski definition) is 6. The molecule has 9 heteroatoms. The minimum absolute atomic E-state index is 0.232. The summed E-state index contributed by atoms with van der Waals surface area (Å²) < 4.78 is 6.02. The SMILES string of the molecule is CC(C)OCc1cc(CN2CCNCCNCCNCC2)cc(CN2CCNCCNCCNCC2)c1. The van der Waals surface area contributed by atoms with Crippen LogP contribution in [0.2, 0.25) is 0 Å². The van der Waals surface area contributed by atoms with Crippen LogP contribution in [0.25, 0.3) is 0 Å². The average Bonchev–Trinajstić information content (AvgIpc) is 2.86. The molecule has 212 valence electrons. The molecule has 0 spiro atoms. The van der Waals surface area contributed by atoms with Crippen LogP contribution in [0, 0.1) is 0 Å². The summed E-state index contributed by atoms with van der Waals surface area (Å²) in [6, 6.07) is 7.15. The Bertz CT molecular complexity index is 645. The molecular formula is C28H54N8O. The predicted octanol–water partition coefficient (Wildman–Crippen LogP) is -0.220. The molecule has 2 aliphatic heterocycles. The van der Waals surface area contributed by atoms with E-state index in [1.165, 1.54) is 16.7 Å². The quantitative estimate of drug-likeness (QED) is 0.293. The summed E-state index contributed by atoms with van der Waals surface area (Å²) in [5.74, 6) is 0. The van der Waals surface area contributed by atoms with Crippen molar-refractivity contribution >= 4 is 0 Å². The largest absolute Gasteiger partial charge is 0.374 e. The van der Waals surface area contributed by atoms with Gasteiger partial charge in [0.25, 0.3) is 0 Å². The summed E-state index contributed by atoms with van der Waals surface area (Å²) >= 11 is 0. The molecule has 0 saturated carbocycles. The Morgan fingerprint density at radius 3 is 1.22 bits per heavy atom. The molecule has 1 aromatic rings. The summed E-state index contributed by atoms with van der Waals surface area (Å²) in [7, 11) is 0. The zero-order valence-corrected chi connectivity index (χ0v) is 23.5. The second kappa shape index (κ2) is 19.0. The van der Waals surface area contributed by atoms with E-state index < -0.39 is 0 Å². The Morgan fingerprint density at radius 2 is 0.865 bits per heavy atom. The predicted molar refractivity (Wildman–Crippen MR) is 154 cm³/mol. The van der Waals surface area contributed by atoms with E-state index in [9.17, 15) is 0 Å². The summed E-state index contributed by atoms with van der Waals surface area (Å²) in [6.45, 7) is 23.4. The minimum Gasteiger partial charge on any atom is -0.374 e. The van der Waals surface area contributed by atoms with E-state index in [2.05, 4.69) is 73.7 Å². The molecule has 0 unspecified atom stereocenters. The third-order valence-electron chi connectivity index (χ3n) is 6.84. The van der Waals surface area contributed by atoms with E-state index in [1.807, 2.05) is 0 Å². The van der Waals surface area contributed by atoms with Gasteiger partial charge in [-0.1, -0.05) is 18.2 Å². The van der Waals surface area contributed by atoms with Gasteiger partial charge in [0.2, 0.25) is 0 Å². The second-order valence-corrected chi connectivity index (χ2v) is 10.6. The van der Waals surface area contributed by atoms with E-state index in [0.717, 1.165) is 118 Å². The van der Waals surface area contributed by atoms with Crippen molar-refractivity contribution in [2.24, 2.45) is 0 Å². The molecular weight excluding hydrogens is 464 g/mol. The number of rotatable bonds is 7. The van der Waals surface area contributed by atoms with Gasteiger partial charge in [0.05, 0.1) is 12.7 Å². The molecule has 37 heavy (non-hydrogen) atoms. The van der Waals surface area contributed by atoms with E-state index in [0.29, 0.717) is 6.61 Å². The first-order valence-corrected chi connectivity index (χ1v) is 14.6. The Hall–Kier alpha value is -1.14. The lowest BCUT2D eigenvalue weighted by molar-refractivity contribution is 0.0655. The van der Waals surface area contributed by atoms with Crippen molar-refractivity contribution in [3.8, 4) is 0 Å². The molecule has 0 aliphatic carbocycles. The topological polar surface area (TPSA) is 87.9 Å². The molecule has 0 amide bonds. The fraction of sp³-hybridized carbons (Fsp3) is 0.786. The maximum absolute atomic E-state index is 6.02. The molecule has 0 atom stereocenters. The highest BCUT2D eigenvalue weighted by molar-refractivity contribution is 5.30. The molecule has 9 nitrogen and oxygen atoms in total. The van der Waals surface area contributed by atoms with Crippen molar-refractivity contribution in [2.45, 2.75) is 39.6 Å². The molecule has 2 heterocycles. The highest BCUT2D eigenvalue weighted by atomic mass is 16.5. The first kappa shape index (κ1) is 30.4. The van der Waals surface area contributed by atoms with Crippen LogP contribution in [0.5, 0.6) is 0 Å². The van der Waals surface area contributed by atoms with Crippen LogP contribution in [-0.4, -0.2) is 121 Å². The third kappa shape index (κ3) is 14.0. The van der Waals surface area contributed by atoms with Crippen molar-refractivity contribution in [1.29, 1.82) is 0 Å². The van der Waals surface area contributed by atoms with Gasteiger partial charge in [0.15, 0.2) is 0 Å². The zero-order chi connectivity index (χ0) is 26.0. The van der Waals surface area contributed by atoms with Crippen molar-refractivity contribution in [2.75, 3.05) is 105 Å². The Kier molecular flexibility index (Phi) is 15.6. The fourth-order valence-corrected chi connectivity index (χ4v) is 4.83. The van der Waals surface area contributed by atoms with Gasteiger partial charge in [-0.05, 0) is 30.5 Å². The molecule has 6 N–H and O–H groups in total. The third-order valence-corrected chi connectivity index (χ3v) is 6.84.